The minimum absolute atomic E-state index is 0. The molecule has 1 saturated heterocycles. The molecule has 1 aliphatic heterocycles. The number of anilines is 1. The zero-order valence-corrected chi connectivity index (χ0v) is 14.8. The van der Waals surface area contributed by atoms with E-state index in [1.54, 1.807) is 0 Å². The first-order valence-electron chi connectivity index (χ1n) is 7.33. The highest BCUT2D eigenvalue weighted by Gasteiger charge is 2.14. The van der Waals surface area contributed by atoms with Crippen molar-refractivity contribution in [2.24, 2.45) is 5.92 Å². The van der Waals surface area contributed by atoms with Crippen molar-refractivity contribution in [3.63, 3.8) is 0 Å². The van der Waals surface area contributed by atoms with Gasteiger partial charge in [0, 0.05) is 38.3 Å². The van der Waals surface area contributed by atoms with Gasteiger partial charge in [-0.05, 0) is 31.5 Å². The Morgan fingerprint density at radius 2 is 2.00 bits per heavy atom. The maximum atomic E-state index is 11.8. The lowest BCUT2D eigenvalue weighted by molar-refractivity contribution is -0.124. The van der Waals surface area contributed by atoms with Crippen LogP contribution >= 0.6 is 24.8 Å². The summed E-state index contributed by atoms with van der Waals surface area (Å²) in [5, 5.41) is 5.95. The highest BCUT2D eigenvalue weighted by Crippen LogP contribution is 2.17. The smallest absolute Gasteiger partial charge is 0.224 e. The van der Waals surface area contributed by atoms with Crippen LogP contribution in [0.1, 0.15) is 25.3 Å². The molecule has 0 aromatic carbocycles. The zero-order chi connectivity index (χ0) is 14.4. The molecule has 0 radical (unpaired) electrons. The minimum atomic E-state index is -0.0168. The van der Waals surface area contributed by atoms with Crippen LogP contribution in [-0.2, 0) is 11.3 Å². The SMILES string of the molecule is CNCC(C)C(=O)NCc1ccc(N2CCCC2)nc1.Cl.Cl. The standard InChI is InChI=1S/C15H24N4O.2ClH/c1-12(9-16-2)15(20)18-11-13-5-6-14(17-10-13)19-7-3-4-8-19;;/h5-6,10,12,16H,3-4,7-9,11H2,1-2H3,(H,18,20);2*1H. The van der Waals surface area contributed by atoms with E-state index in [0.29, 0.717) is 13.1 Å². The summed E-state index contributed by atoms with van der Waals surface area (Å²) in [6.45, 7) is 5.36. The summed E-state index contributed by atoms with van der Waals surface area (Å²) in [6.07, 6.45) is 4.36. The van der Waals surface area contributed by atoms with Crippen LogP contribution in [0.4, 0.5) is 5.82 Å². The molecule has 2 N–H and O–H groups in total. The number of carbonyl (C=O) groups excluding carboxylic acids is 1. The van der Waals surface area contributed by atoms with Crippen molar-refractivity contribution in [2.45, 2.75) is 26.3 Å². The lowest BCUT2D eigenvalue weighted by Crippen LogP contribution is -2.33. The lowest BCUT2D eigenvalue weighted by Gasteiger charge is -2.16. The number of amides is 1. The molecule has 0 saturated carbocycles. The van der Waals surface area contributed by atoms with E-state index in [1.165, 1.54) is 12.8 Å². The van der Waals surface area contributed by atoms with Crippen LogP contribution in [0.25, 0.3) is 0 Å². The van der Waals surface area contributed by atoms with Crippen molar-refractivity contribution in [3.8, 4) is 0 Å². The van der Waals surface area contributed by atoms with Gasteiger partial charge in [0.1, 0.15) is 5.82 Å². The average Bonchev–Trinajstić information content (AvgIpc) is 2.99. The molecule has 1 fully saturated rings. The van der Waals surface area contributed by atoms with Crippen molar-refractivity contribution in [2.75, 3.05) is 31.6 Å². The number of hydrogen-bond acceptors (Lipinski definition) is 4. The molecular formula is C15H26Cl2N4O. The molecule has 2 heterocycles. The highest BCUT2D eigenvalue weighted by molar-refractivity contribution is 5.85. The Labute approximate surface area is 145 Å². The predicted octanol–water partition coefficient (Wildman–Crippen LogP) is 2.00. The first-order chi connectivity index (χ1) is 9.70. The zero-order valence-electron chi connectivity index (χ0n) is 13.2. The van der Waals surface area contributed by atoms with Gasteiger partial charge in [0.15, 0.2) is 0 Å². The molecule has 5 nitrogen and oxygen atoms in total. The maximum absolute atomic E-state index is 11.8. The normalized spacial score (nSPS) is 14.7. The fourth-order valence-corrected chi connectivity index (χ4v) is 2.42. The van der Waals surface area contributed by atoms with Crippen molar-refractivity contribution in [3.05, 3.63) is 23.9 Å². The van der Waals surface area contributed by atoms with Crippen LogP contribution < -0.4 is 15.5 Å². The van der Waals surface area contributed by atoms with Gasteiger partial charge in [0.05, 0.1) is 0 Å². The van der Waals surface area contributed by atoms with Gasteiger partial charge in [-0.25, -0.2) is 4.98 Å². The van der Waals surface area contributed by atoms with Gasteiger partial charge >= 0.3 is 0 Å². The molecule has 1 aliphatic rings. The van der Waals surface area contributed by atoms with Crippen molar-refractivity contribution >= 4 is 36.5 Å². The second-order valence-corrected chi connectivity index (χ2v) is 5.40. The molecule has 0 spiro atoms. The second-order valence-electron chi connectivity index (χ2n) is 5.40. The Morgan fingerprint density at radius 3 is 2.55 bits per heavy atom. The van der Waals surface area contributed by atoms with Crippen LogP contribution in [0.2, 0.25) is 0 Å². The Hall–Kier alpha value is -1.04. The summed E-state index contributed by atoms with van der Waals surface area (Å²) < 4.78 is 0. The van der Waals surface area contributed by atoms with Crippen molar-refractivity contribution < 1.29 is 4.79 Å². The molecule has 22 heavy (non-hydrogen) atoms. The third-order valence-electron chi connectivity index (χ3n) is 3.66. The van der Waals surface area contributed by atoms with Crippen molar-refractivity contribution in [1.29, 1.82) is 0 Å². The number of rotatable bonds is 6. The molecule has 7 heteroatoms. The fourth-order valence-electron chi connectivity index (χ4n) is 2.42. The Kier molecular flexibility index (Phi) is 10.1. The van der Waals surface area contributed by atoms with Gasteiger partial charge in [0.25, 0.3) is 0 Å². The Balaban J connectivity index is 0.00000220. The van der Waals surface area contributed by atoms with E-state index in [4.69, 9.17) is 0 Å². The number of pyridine rings is 1. The van der Waals surface area contributed by atoms with Gasteiger partial charge in [-0.3, -0.25) is 4.79 Å². The van der Waals surface area contributed by atoms with Gasteiger partial charge in [-0.2, -0.15) is 0 Å². The molecule has 2 rings (SSSR count). The fraction of sp³-hybridized carbons (Fsp3) is 0.600. The monoisotopic (exact) mass is 348 g/mol. The predicted molar refractivity (Wildman–Crippen MR) is 95.1 cm³/mol. The van der Waals surface area contributed by atoms with E-state index < -0.39 is 0 Å². The molecule has 1 aromatic heterocycles. The van der Waals surface area contributed by atoms with Crippen LogP contribution in [0.3, 0.4) is 0 Å². The maximum Gasteiger partial charge on any atom is 0.224 e. The number of aromatic nitrogens is 1. The van der Waals surface area contributed by atoms with Crippen LogP contribution in [0.15, 0.2) is 18.3 Å². The number of carbonyl (C=O) groups is 1. The largest absolute Gasteiger partial charge is 0.357 e. The highest BCUT2D eigenvalue weighted by atomic mass is 35.5. The summed E-state index contributed by atoms with van der Waals surface area (Å²) >= 11 is 0. The summed E-state index contributed by atoms with van der Waals surface area (Å²) in [4.78, 5) is 18.6. The third kappa shape index (κ3) is 5.99. The van der Waals surface area contributed by atoms with Crippen LogP contribution in [0, 0.1) is 5.92 Å². The van der Waals surface area contributed by atoms with Gasteiger partial charge in [-0.15, -0.1) is 24.8 Å². The molecule has 1 atom stereocenters. The lowest BCUT2D eigenvalue weighted by atomic mass is 10.1. The topological polar surface area (TPSA) is 57.3 Å². The number of nitrogens with zero attached hydrogens (tertiary/aromatic N) is 2. The quantitative estimate of drug-likeness (QED) is 0.825. The average molecular weight is 349 g/mol. The molecule has 1 aromatic rings. The first-order valence-corrected chi connectivity index (χ1v) is 7.33. The van der Waals surface area contributed by atoms with E-state index >= 15 is 0 Å². The van der Waals surface area contributed by atoms with Crippen molar-refractivity contribution in [1.82, 2.24) is 15.6 Å². The molecule has 1 unspecified atom stereocenters. The van der Waals surface area contributed by atoms with E-state index in [9.17, 15) is 4.79 Å². The summed E-state index contributed by atoms with van der Waals surface area (Å²) in [7, 11) is 1.85. The van der Waals surface area contributed by atoms with Gasteiger partial charge < -0.3 is 15.5 Å². The van der Waals surface area contributed by atoms with Gasteiger partial charge in [-0.1, -0.05) is 13.0 Å². The van der Waals surface area contributed by atoms with E-state index in [2.05, 4.69) is 20.5 Å². The molecule has 0 aliphatic carbocycles. The van der Waals surface area contributed by atoms with E-state index in [-0.39, 0.29) is 36.6 Å². The molecular weight excluding hydrogens is 323 g/mol. The summed E-state index contributed by atoms with van der Waals surface area (Å²) in [5.74, 6) is 1.10. The minimum Gasteiger partial charge on any atom is -0.357 e. The molecule has 1 amide bonds. The molecule has 126 valence electrons. The van der Waals surface area contributed by atoms with Crippen LogP contribution in [0.5, 0.6) is 0 Å². The van der Waals surface area contributed by atoms with E-state index in [1.807, 2.05) is 32.3 Å². The number of hydrogen-bond donors (Lipinski definition) is 2. The summed E-state index contributed by atoms with van der Waals surface area (Å²) in [5.41, 5.74) is 1.04. The Morgan fingerprint density at radius 1 is 1.32 bits per heavy atom. The van der Waals surface area contributed by atoms with Crippen LogP contribution in [-0.4, -0.2) is 37.6 Å². The Bertz CT molecular complexity index is 436. The number of halogens is 2. The third-order valence-corrected chi connectivity index (χ3v) is 3.66. The van der Waals surface area contributed by atoms with Gasteiger partial charge in [0.2, 0.25) is 5.91 Å². The van der Waals surface area contributed by atoms with E-state index in [0.717, 1.165) is 24.5 Å². The molecule has 0 bridgehead atoms. The number of nitrogens with one attached hydrogen (secondary N) is 2. The summed E-state index contributed by atoms with van der Waals surface area (Å²) in [6, 6.07) is 4.09. The second kappa shape index (κ2) is 10.6. The first kappa shape index (κ1) is 21.0.